The number of likely N-dealkylation sites (N-methyl/N-ethyl adjacent to an activating group) is 2. The molecule has 0 unspecified atom stereocenters. The highest BCUT2D eigenvalue weighted by atomic mass is 35.5. The molecule has 2 aliphatic rings. The van der Waals surface area contributed by atoms with E-state index in [1.165, 1.54) is 0 Å². The monoisotopic (exact) mass is 539 g/mol. The summed E-state index contributed by atoms with van der Waals surface area (Å²) in [5, 5.41) is 1.38. The summed E-state index contributed by atoms with van der Waals surface area (Å²) in [6.45, 7) is 10.1. The number of amides is 1. The van der Waals surface area contributed by atoms with E-state index in [4.69, 9.17) is 23.2 Å². The minimum atomic E-state index is 0.0999. The first kappa shape index (κ1) is 26.3. The van der Waals surface area contributed by atoms with Gasteiger partial charge in [0, 0.05) is 91.6 Å². The standard InChI is InChI=1S/C29H35Cl2N5O/c1-21-27(29(37)35-18-14-33(3)15-19-35)28(22-4-6-23(30)7-5-22)26(20-34-16-12-32(2)13-17-34)36(21)25-10-8-24(31)9-11-25/h4-11H,12-20H2,1-3H3. The van der Waals surface area contributed by atoms with E-state index in [-0.39, 0.29) is 5.91 Å². The molecule has 0 saturated carbocycles. The molecular weight excluding hydrogens is 505 g/mol. The van der Waals surface area contributed by atoms with Crippen molar-refractivity contribution in [1.29, 1.82) is 0 Å². The maximum Gasteiger partial charge on any atom is 0.256 e. The van der Waals surface area contributed by atoms with Crippen molar-refractivity contribution in [3.63, 3.8) is 0 Å². The molecule has 5 rings (SSSR count). The quantitative estimate of drug-likeness (QED) is 0.462. The highest BCUT2D eigenvalue weighted by Gasteiger charge is 2.32. The summed E-state index contributed by atoms with van der Waals surface area (Å²) in [7, 11) is 4.28. The van der Waals surface area contributed by atoms with Gasteiger partial charge >= 0.3 is 0 Å². The Labute approximate surface area is 230 Å². The van der Waals surface area contributed by atoms with Crippen LogP contribution in [0.5, 0.6) is 0 Å². The van der Waals surface area contributed by atoms with E-state index in [2.05, 4.69) is 40.3 Å². The Morgan fingerprint density at radius 1 is 0.757 bits per heavy atom. The van der Waals surface area contributed by atoms with E-state index in [0.717, 1.165) is 92.7 Å². The molecule has 0 spiro atoms. The van der Waals surface area contributed by atoms with E-state index >= 15 is 0 Å². The second kappa shape index (κ2) is 11.2. The number of hydrogen-bond donors (Lipinski definition) is 0. The van der Waals surface area contributed by atoms with Crippen LogP contribution in [-0.2, 0) is 6.54 Å². The molecule has 2 fully saturated rings. The van der Waals surface area contributed by atoms with Crippen LogP contribution in [-0.4, -0.2) is 96.5 Å². The molecule has 2 aromatic carbocycles. The van der Waals surface area contributed by atoms with Gasteiger partial charge in [0.25, 0.3) is 5.91 Å². The van der Waals surface area contributed by atoms with Crippen LogP contribution in [0.3, 0.4) is 0 Å². The van der Waals surface area contributed by atoms with Crippen molar-refractivity contribution < 1.29 is 4.79 Å². The molecule has 0 atom stereocenters. The van der Waals surface area contributed by atoms with E-state index < -0.39 is 0 Å². The normalized spacial score (nSPS) is 17.9. The molecular formula is C29H35Cl2N5O. The van der Waals surface area contributed by atoms with E-state index in [1.54, 1.807) is 0 Å². The molecule has 0 bridgehead atoms. The molecule has 196 valence electrons. The highest BCUT2D eigenvalue weighted by Crippen LogP contribution is 2.37. The van der Waals surface area contributed by atoms with Crippen LogP contribution in [0.2, 0.25) is 10.0 Å². The molecule has 2 aliphatic heterocycles. The average molecular weight is 541 g/mol. The van der Waals surface area contributed by atoms with Gasteiger partial charge in [-0.05, 0) is 63.0 Å². The maximum absolute atomic E-state index is 14.2. The molecule has 3 aromatic rings. The predicted octanol–water partition coefficient (Wildman–Crippen LogP) is 4.89. The second-order valence-electron chi connectivity index (χ2n) is 10.3. The third-order valence-corrected chi connectivity index (χ3v) is 8.20. The van der Waals surface area contributed by atoms with Gasteiger partial charge in [-0.1, -0.05) is 35.3 Å². The molecule has 8 heteroatoms. The number of piperazine rings is 2. The lowest BCUT2D eigenvalue weighted by Gasteiger charge is -2.33. The van der Waals surface area contributed by atoms with Gasteiger partial charge in [0.15, 0.2) is 0 Å². The second-order valence-corrected chi connectivity index (χ2v) is 11.1. The Hall–Kier alpha value is -2.35. The summed E-state index contributed by atoms with van der Waals surface area (Å²) in [6, 6.07) is 15.8. The number of benzene rings is 2. The molecule has 0 aliphatic carbocycles. The van der Waals surface area contributed by atoms with Crippen molar-refractivity contribution in [1.82, 2.24) is 24.2 Å². The molecule has 3 heterocycles. The SMILES string of the molecule is Cc1c(C(=O)N2CCN(C)CC2)c(-c2ccc(Cl)cc2)c(CN2CCN(C)CC2)n1-c1ccc(Cl)cc1. The fraction of sp³-hybridized carbons (Fsp3) is 0.414. The van der Waals surface area contributed by atoms with Crippen LogP contribution < -0.4 is 0 Å². The molecule has 2 saturated heterocycles. The number of hydrogen-bond acceptors (Lipinski definition) is 4. The molecule has 37 heavy (non-hydrogen) atoms. The van der Waals surface area contributed by atoms with Gasteiger partial charge in [-0.3, -0.25) is 9.69 Å². The lowest BCUT2D eigenvalue weighted by Crippen LogP contribution is -2.47. The molecule has 6 nitrogen and oxygen atoms in total. The van der Waals surface area contributed by atoms with Crippen LogP contribution in [0.1, 0.15) is 21.7 Å². The van der Waals surface area contributed by atoms with Crippen LogP contribution in [0.15, 0.2) is 48.5 Å². The van der Waals surface area contributed by atoms with Gasteiger partial charge in [0.05, 0.1) is 5.56 Å². The fourth-order valence-corrected chi connectivity index (χ4v) is 5.67. The number of carbonyl (C=O) groups is 1. The molecule has 0 N–H and O–H groups in total. The summed E-state index contributed by atoms with van der Waals surface area (Å²) in [6.07, 6.45) is 0. The third-order valence-electron chi connectivity index (χ3n) is 7.70. The van der Waals surface area contributed by atoms with Crippen molar-refractivity contribution in [3.8, 4) is 16.8 Å². The van der Waals surface area contributed by atoms with Gasteiger partial charge in [-0.2, -0.15) is 0 Å². The Kier molecular flexibility index (Phi) is 7.93. The number of nitrogens with zero attached hydrogens (tertiary/aromatic N) is 5. The summed E-state index contributed by atoms with van der Waals surface area (Å²) < 4.78 is 2.27. The summed E-state index contributed by atoms with van der Waals surface area (Å²) in [5.41, 5.74) is 5.91. The first-order chi connectivity index (χ1) is 17.8. The zero-order valence-corrected chi connectivity index (χ0v) is 23.4. The van der Waals surface area contributed by atoms with Crippen molar-refractivity contribution in [3.05, 3.63) is 75.5 Å². The maximum atomic E-state index is 14.2. The van der Waals surface area contributed by atoms with E-state index in [1.807, 2.05) is 53.4 Å². The largest absolute Gasteiger partial charge is 0.336 e. The van der Waals surface area contributed by atoms with Gasteiger partial charge in [0.1, 0.15) is 0 Å². The van der Waals surface area contributed by atoms with Crippen molar-refractivity contribution in [2.75, 3.05) is 66.5 Å². The van der Waals surface area contributed by atoms with Crippen LogP contribution in [0.25, 0.3) is 16.8 Å². The predicted molar refractivity (Wildman–Crippen MR) is 152 cm³/mol. The average Bonchev–Trinajstić information content (AvgIpc) is 3.18. The van der Waals surface area contributed by atoms with Crippen molar-refractivity contribution in [2.45, 2.75) is 13.5 Å². The van der Waals surface area contributed by atoms with Crippen LogP contribution in [0.4, 0.5) is 0 Å². The van der Waals surface area contributed by atoms with Crippen LogP contribution >= 0.6 is 23.2 Å². The van der Waals surface area contributed by atoms with Gasteiger partial charge in [-0.15, -0.1) is 0 Å². The first-order valence-corrected chi connectivity index (χ1v) is 13.7. The van der Waals surface area contributed by atoms with Gasteiger partial charge in [-0.25, -0.2) is 0 Å². The van der Waals surface area contributed by atoms with Crippen molar-refractivity contribution in [2.24, 2.45) is 0 Å². The van der Waals surface area contributed by atoms with Gasteiger partial charge in [0.2, 0.25) is 0 Å². The van der Waals surface area contributed by atoms with E-state index in [0.29, 0.717) is 10.0 Å². The molecule has 1 aromatic heterocycles. The highest BCUT2D eigenvalue weighted by molar-refractivity contribution is 6.31. The topological polar surface area (TPSA) is 35.0 Å². The number of halogens is 2. The number of aromatic nitrogens is 1. The number of rotatable bonds is 5. The lowest BCUT2D eigenvalue weighted by molar-refractivity contribution is 0.0664. The van der Waals surface area contributed by atoms with Crippen LogP contribution in [0, 0.1) is 6.92 Å². The number of carbonyl (C=O) groups excluding carboxylic acids is 1. The minimum Gasteiger partial charge on any atom is -0.336 e. The Bertz CT molecular complexity index is 1240. The zero-order chi connectivity index (χ0) is 26.1. The fourth-order valence-electron chi connectivity index (χ4n) is 5.42. The van der Waals surface area contributed by atoms with E-state index in [9.17, 15) is 4.79 Å². The summed E-state index contributed by atoms with van der Waals surface area (Å²) in [4.78, 5) is 23.3. The van der Waals surface area contributed by atoms with Gasteiger partial charge < -0.3 is 19.3 Å². The first-order valence-electron chi connectivity index (χ1n) is 13.0. The Morgan fingerprint density at radius 2 is 1.27 bits per heavy atom. The minimum absolute atomic E-state index is 0.0999. The summed E-state index contributed by atoms with van der Waals surface area (Å²) in [5.74, 6) is 0.0999. The Balaban J connectivity index is 1.69. The summed E-state index contributed by atoms with van der Waals surface area (Å²) >= 11 is 12.5. The van der Waals surface area contributed by atoms with Crippen molar-refractivity contribution >= 4 is 29.1 Å². The molecule has 0 radical (unpaired) electrons. The zero-order valence-electron chi connectivity index (χ0n) is 21.9. The molecule has 1 amide bonds. The Morgan fingerprint density at radius 3 is 1.84 bits per heavy atom. The third kappa shape index (κ3) is 5.59. The lowest BCUT2D eigenvalue weighted by atomic mass is 9.98. The smallest absolute Gasteiger partial charge is 0.256 e.